The lowest BCUT2D eigenvalue weighted by Gasteiger charge is -2.38. The van der Waals surface area contributed by atoms with Gasteiger partial charge >= 0.3 is 0 Å². The predicted molar refractivity (Wildman–Crippen MR) is 79.9 cm³/mol. The second kappa shape index (κ2) is 5.78. The number of hydrogen-bond acceptors (Lipinski definition) is 2. The van der Waals surface area contributed by atoms with Crippen LogP contribution in [0.5, 0.6) is 0 Å². The highest BCUT2D eigenvalue weighted by atomic mass is 16.2. The van der Waals surface area contributed by atoms with Crippen molar-refractivity contribution in [1.29, 1.82) is 5.41 Å². The average molecular weight is 270 g/mol. The Bertz CT molecular complexity index is 471. The third-order valence-electron chi connectivity index (χ3n) is 4.76. The molecular weight excluding hydrogens is 248 g/mol. The van der Waals surface area contributed by atoms with Gasteiger partial charge in [0.1, 0.15) is 0 Å². The summed E-state index contributed by atoms with van der Waals surface area (Å²) in [5.74, 6) is 0.704. The van der Waals surface area contributed by atoms with Crippen LogP contribution in [-0.4, -0.2) is 29.1 Å². The van der Waals surface area contributed by atoms with Gasteiger partial charge in [0.15, 0.2) is 0 Å². The molecule has 0 aromatic heterocycles. The summed E-state index contributed by atoms with van der Waals surface area (Å²) >= 11 is 0. The number of aryl methyl sites for hydroxylation is 1. The molecule has 1 aromatic rings. The molecule has 2 fully saturated rings. The van der Waals surface area contributed by atoms with E-state index in [1.165, 1.54) is 5.56 Å². The number of hydrogen-bond donors (Lipinski definition) is 1. The standard InChI is InChI=1S/C17H22N2O/c18-12-14-10-15-7-8-16(11-14)19(15)17(20)9-6-13-4-2-1-3-5-13/h1-5,12,14-16,18H,6-11H2/t14?,15-,16+. The van der Waals surface area contributed by atoms with Crippen molar-refractivity contribution in [2.24, 2.45) is 5.92 Å². The van der Waals surface area contributed by atoms with E-state index in [0.29, 0.717) is 30.3 Å². The number of amides is 1. The average Bonchev–Trinajstić information content (AvgIpc) is 2.76. The van der Waals surface area contributed by atoms with Gasteiger partial charge in [0.05, 0.1) is 0 Å². The van der Waals surface area contributed by atoms with Crippen LogP contribution in [-0.2, 0) is 11.2 Å². The Labute approximate surface area is 120 Å². The van der Waals surface area contributed by atoms with Gasteiger partial charge in [-0.2, -0.15) is 0 Å². The number of rotatable bonds is 4. The van der Waals surface area contributed by atoms with Crippen molar-refractivity contribution in [2.45, 2.75) is 50.6 Å². The number of carbonyl (C=O) groups excluding carboxylic acids is 1. The summed E-state index contributed by atoms with van der Waals surface area (Å²) in [6.45, 7) is 0. The second-order valence-electron chi connectivity index (χ2n) is 6.07. The van der Waals surface area contributed by atoms with Gasteiger partial charge in [-0.25, -0.2) is 0 Å². The number of carbonyl (C=O) groups is 1. The zero-order chi connectivity index (χ0) is 13.9. The van der Waals surface area contributed by atoms with Crippen molar-refractivity contribution in [3.63, 3.8) is 0 Å². The highest BCUT2D eigenvalue weighted by Crippen LogP contribution is 2.38. The van der Waals surface area contributed by atoms with Gasteiger partial charge in [-0.1, -0.05) is 30.3 Å². The third-order valence-corrected chi connectivity index (χ3v) is 4.76. The highest BCUT2D eigenvalue weighted by Gasteiger charge is 2.42. The zero-order valence-electron chi connectivity index (χ0n) is 11.8. The Hall–Kier alpha value is -1.64. The van der Waals surface area contributed by atoms with Crippen LogP contribution in [0.3, 0.4) is 0 Å². The minimum Gasteiger partial charge on any atom is -0.337 e. The monoisotopic (exact) mass is 270 g/mol. The van der Waals surface area contributed by atoms with Crippen LogP contribution in [0.1, 0.15) is 37.7 Å². The van der Waals surface area contributed by atoms with Crippen LogP contribution in [0.15, 0.2) is 30.3 Å². The summed E-state index contributed by atoms with van der Waals surface area (Å²) in [5, 5.41) is 7.44. The lowest BCUT2D eigenvalue weighted by molar-refractivity contribution is -0.135. The fraction of sp³-hybridized carbons (Fsp3) is 0.529. The summed E-state index contributed by atoms with van der Waals surface area (Å²) in [6, 6.07) is 11.0. The van der Waals surface area contributed by atoms with E-state index in [-0.39, 0.29) is 0 Å². The van der Waals surface area contributed by atoms with Crippen LogP contribution in [0.2, 0.25) is 0 Å². The van der Waals surface area contributed by atoms with Crippen molar-refractivity contribution >= 4 is 12.1 Å². The molecular formula is C17H22N2O. The fourth-order valence-corrected chi connectivity index (χ4v) is 3.79. The van der Waals surface area contributed by atoms with E-state index in [1.807, 2.05) is 18.2 Å². The van der Waals surface area contributed by atoms with E-state index in [2.05, 4.69) is 17.0 Å². The number of piperidine rings is 1. The summed E-state index contributed by atoms with van der Waals surface area (Å²) in [4.78, 5) is 14.6. The normalized spacial score (nSPS) is 28.4. The Kier molecular flexibility index (Phi) is 3.86. The molecule has 0 saturated carbocycles. The molecule has 20 heavy (non-hydrogen) atoms. The molecule has 3 heteroatoms. The first-order chi connectivity index (χ1) is 9.78. The minimum atomic E-state index is 0.310. The van der Waals surface area contributed by atoms with Crippen LogP contribution >= 0.6 is 0 Å². The van der Waals surface area contributed by atoms with Crippen molar-refractivity contribution in [3.05, 3.63) is 35.9 Å². The van der Waals surface area contributed by atoms with Gasteiger partial charge in [-0.05, 0) is 49.8 Å². The fourth-order valence-electron chi connectivity index (χ4n) is 3.79. The van der Waals surface area contributed by atoms with Crippen molar-refractivity contribution in [1.82, 2.24) is 4.90 Å². The van der Waals surface area contributed by atoms with Gasteiger partial charge in [0.2, 0.25) is 5.91 Å². The number of nitrogens with one attached hydrogen (secondary N) is 1. The van der Waals surface area contributed by atoms with E-state index < -0.39 is 0 Å². The lowest BCUT2D eigenvalue weighted by Crippen LogP contribution is -2.46. The molecule has 2 heterocycles. The maximum Gasteiger partial charge on any atom is 0.223 e. The Morgan fingerprint density at radius 2 is 1.85 bits per heavy atom. The number of nitrogens with zero attached hydrogens (tertiary/aromatic N) is 1. The van der Waals surface area contributed by atoms with E-state index >= 15 is 0 Å². The molecule has 3 rings (SSSR count). The van der Waals surface area contributed by atoms with Crippen molar-refractivity contribution < 1.29 is 4.79 Å². The SMILES string of the molecule is N=CC1C[C@H]2CC[C@@H](C1)N2C(=O)CCc1ccccc1. The quantitative estimate of drug-likeness (QED) is 0.840. The molecule has 106 valence electrons. The topological polar surface area (TPSA) is 44.2 Å². The first-order valence-electron chi connectivity index (χ1n) is 7.63. The molecule has 2 aliphatic heterocycles. The third kappa shape index (κ3) is 2.62. The highest BCUT2D eigenvalue weighted by molar-refractivity contribution is 5.78. The van der Waals surface area contributed by atoms with Crippen LogP contribution in [0.4, 0.5) is 0 Å². The molecule has 3 nitrogen and oxygen atoms in total. The molecule has 0 aliphatic carbocycles. The second-order valence-corrected chi connectivity index (χ2v) is 6.07. The maximum atomic E-state index is 12.5. The molecule has 1 aromatic carbocycles. The van der Waals surface area contributed by atoms with E-state index in [0.717, 1.165) is 32.1 Å². The number of fused-ring (bicyclic) bond motifs is 2. The molecule has 2 saturated heterocycles. The van der Waals surface area contributed by atoms with E-state index in [1.54, 1.807) is 6.21 Å². The lowest BCUT2D eigenvalue weighted by atomic mass is 9.91. The van der Waals surface area contributed by atoms with E-state index in [9.17, 15) is 4.79 Å². The van der Waals surface area contributed by atoms with Crippen LogP contribution in [0, 0.1) is 11.3 Å². The van der Waals surface area contributed by atoms with Crippen molar-refractivity contribution in [2.75, 3.05) is 0 Å². The van der Waals surface area contributed by atoms with Gasteiger partial charge in [0.25, 0.3) is 0 Å². The summed E-state index contributed by atoms with van der Waals surface area (Å²) in [7, 11) is 0. The zero-order valence-corrected chi connectivity index (χ0v) is 11.8. The molecule has 3 atom stereocenters. The first-order valence-corrected chi connectivity index (χ1v) is 7.63. The van der Waals surface area contributed by atoms with Gasteiger partial charge in [-0.15, -0.1) is 0 Å². The van der Waals surface area contributed by atoms with E-state index in [4.69, 9.17) is 5.41 Å². The summed E-state index contributed by atoms with van der Waals surface area (Å²) in [5.41, 5.74) is 1.24. The minimum absolute atomic E-state index is 0.310. The molecule has 1 unspecified atom stereocenters. The molecule has 0 radical (unpaired) electrons. The van der Waals surface area contributed by atoms with Gasteiger partial charge in [-0.3, -0.25) is 4.79 Å². The summed E-state index contributed by atoms with van der Waals surface area (Å²) in [6.07, 6.45) is 7.29. The van der Waals surface area contributed by atoms with Crippen LogP contribution < -0.4 is 0 Å². The van der Waals surface area contributed by atoms with Gasteiger partial charge in [0, 0.05) is 18.5 Å². The smallest absolute Gasteiger partial charge is 0.223 e. The van der Waals surface area contributed by atoms with Crippen LogP contribution in [0.25, 0.3) is 0 Å². The Balaban J connectivity index is 1.59. The van der Waals surface area contributed by atoms with Gasteiger partial charge < -0.3 is 10.3 Å². The summed E-state index contributed by atoms with van der Waals surface area (Å²) < 4.78 is 0. The molecule has 0 spiro atoms. The van der Waals surface area contributed by atoms with Crippen molar-refractivity contribution in [3.8, 4) is 0 Å². The Morgan fingerprint density at radius 3 is 2.45 bits per heavy atom. The first kappa shape index (κ1) is 13.3. The predicted octanol–water partition coefficient (Wildman–Crippen LogP) is 3.04. The number of benzene rings is 1. The molecule has 2 aliphatic rings. The largest absolute Gasteiger partial charge is 0.337 e. The Morgan fingerprint density at radius 1 is 1.20 bits per heavy atom. The molecule has 1 amide bonds. The molecule has 1 N–H and O–H groups in total. The maximum absolute atomic E-state index is 12.5. The molecule has 2 bridgehead atoms.